The smallest absolute Gasteiger partial charge is 0.328 e. The van der Waals surface area contributed by atoms with Gasteiger partial charge in [-0.15, -0.1) is 0 Å². The standard InChI is InChI=1S/C15H9BrCl2O2S/c16-10-3-1-2-4-11(10)21-12-7-5-9(6-8-13(19)20)14(17)15(12)18/h1-8H,(H,19,20). The van der Waals surface area contributed by atoms with E-state index < -0.39 is 5.97 Å². The van der Waals surface area contributed by atoms with Gasteiger partial charge < -0.3 is 5.11 Å². The molecular weight excluding hydrogens is 395 g/mol. The molecule has 0 bridgehead atoms. The van der Waals surface area contributed by atoms with Crippen LogP contribution >= 0.6 is 50.9 Å². The zero-order chi connectivity index (χ0) is 15.4. The zero-order valence-corrected chi connectivity index (χ0v) is 14.4. The minimum Gasteiger partial charge on any atom is -0.478 e. The maximum absolute atomic E-state index is 10.5. The molecule has 0 heterocycles. The van der Waals surface area contributed by atoms with Gasteiger partial charge in [-0.05, 0) is 45.8 Å². The molecule has 0 atom stereocenters. The van der Waals surface area contributed by atoms with Crippen molar-refractivity contribution in [3.05, 3.63) is 62.6 Å². The normalized spacial score (nSPS) is 11.0. The Hall–Kier alpha value is -0.940. The summed E-state index contributed by atoms with van der Waals surface area (Å²) in [6, 6.07) is 11.3. The third-order valence-electron chi connectivity index (χ3n) is 2.54. The average molecular weight is 404 g/mol. The van der Waals surface area contributed by atoms with Crippen LogP contribution in [0.15, 0.2) is 56.7 Å². The van der Waals surface area contributed by atoms with Gasteiger partial charge >= 0.3 is 5.97 Å². The predicted octanol–water partition coefficient (Wildman–Crippen LogP) is 6.00. The van der Waals surface area contributed by atoms with Crippen molar-refractivity contribution < 1.29 is 9.90 Å². The van der Waals surface area contributed by atoms with Gasteiger partial charge in [0.15, 0.2) is 0 Å². The number of halogens is 3. The minimum absolute atomic E-state index is 0.339. The molecule has 2 nitrogen and oxygen atoms in total. The molecule has 6 heteroatoms. The SMILES string of the molecule is O=C(O)C=Cc1ccc(Sc2ccccc2Br)c(Cl)c1Cl. The molecule has 2 aromatic rings. The number of hydrogen-bond donors (Lipinski definition) is 1. The van der Waals surface area contributed by atoms with Crippen molar-refractivity contribution in [1.82, 2.24) is 0 Å². The second-order valence-corrected chi connectivity index (χ2v) is 6.68. The summed E-state index contributed by atoms with van der Waals surface area (Å²) in [5.74, 6) is -1.03. The number of carboxylic acid groups (broad SMARTS) is 1. The van der Waals surface area contributed by atoms with Gasteiger partial charge in [-0.2, -0.15) is 0 Å². The van der Waals surface area contributed by atoms with Gasteiger partial charge in [0.25, 0.3) is 0 Å². The summed E-state index contributed by atoms with van der Waals surface area (Å²) in [7, 11) is 0. The fraction of sp³-hybridized carbons (Fsp3) is 0. The van der Waals surface area contributed by atoms with E-state index in [1.54, 1.807) is 6.07 Å². The summed E-state index contributed by atoms with van der Waals surface area (Å²) in [4.78, 5) is 12.4. The lowest BCUT2D eigenvalue weighted by molar-refractivity contribution is -0.131. The number of benzene rings is 2. The summed E-state index contributed by atoms with van der Waals surface area (Å²) in [5.41, 5.74) is 0.570. The van der Waals surface area contributed by atoms with Crippen molar-refractivity contribution in [1.29, 1.82) is 0 Å². The van der Waals surface area contributed by atoms with Crippen LogP contribution in [0, 0.1) is 0 Å². The third-order valence-corrected chi connectivity index (χ3v) is 5.64. The maximum atomic E-state index is 10.5. The zero-order valence-electron chi connectivity index (χ0n) is 10.5. The summed E-state index contributed by atoms with van der Waals surface area (Å²) in [6.07, 6.45) is 2.45. The highest BCUT2D eigenvalue weighted by atomic mass is 79.9. The van der Waals surface area contributed by atoms with Crippen molar-refractivity contribution in [2.45, 2.75) is 9.79 Å². The van der Waals surface area contributed by atoms with E-state index in [0.717, 1.165) is 20.3 Å². The van der Waals surface area contributed by atoms with Crippen molar-refractivity contribution in [2.24, 2.45) is 0 Å². The Bertz CT molecular complexity index is 717. The summed E-state index contributed by atoms with van der Waals surface area (Å²) in [5, 5.41) is 9.39. The maximum Gasteiger partial charge on any atom is 0.328 e. The average Bonchev–Trinajstić information content (AvgIpc) is 2.45. The fourth-order valence-corrected chi connectivity index (χ4v) is 3.54. The molecule has 0 fully saturated rings. The topological polar surface area (TPSA) is 37.3 Å². The molecule has 0 aliphatic carbocycles. The van der Waals surface area contributed by atoms with E-state index in [1.807, 2.05) is 30.3 Å². The molecule has 0 unspecified atom stereocenters. The van der Waals surface area contributed by atoms with E-state index in [1.165, 1.54) is 17.8 Å². The van der Waals surface area contributed by atoms with Crippen LogP contribution in [-0.4, -0.2) is 11.1 Å². The van der Waals surface area contributed by atoms with Gasteiger partial charge in [-0.3, -0.25) is 0 Å². The number of carboxylic acids is 1. The highest BCUT2D eigenvalue weighted by Crippen LogP contribution is 2.41. The molecular formula is C15H9BrCl2O2S. The van der Waals surface area contributed by atoms with Crippen molar-refractivity contribution in [2.75, 3.05) is 0 Å². The molecule has 2 rings (SSSR count). The lowest BCUT2D eigenvalue weighted by Crippen LogP contribution is -1.87. The Morgan fingerprint density at radius 3 is 2.48 bits per heavy atom. The van der Waals surface area contributed by atoms with Gasteiger partial charge in [-0.1, -0.05) is 53.2 Å². The Morgan fingerprint density at radius 1 is 1.10 bits per heavy atom. The summed E-state index contributed by atoms with van der Waals surface area (Å²) in [6.45, 7) is 0. The van der Waals surface area contributed by atoms with Crippen LogP contribution in [0.5, 0.6) is 0 Å². The van der Waals surface area contributed by atoms with Gasteiger partial charge in [0.2, 0.25) is 0 Å². The second-order valence-electron chi connectivity index (χ2n) is 3.98. The van der Waals surface area contributed by atoms with Crippen molar-refractivity contribution in [3.8, 4) is 0 Å². The van der Waals surface area contributed by atoms with Crippen LogP contribution < -0.4 is 0 Å². The van der Waals surface area contributed by atoms with Crippen molar-refractivity contribution in [3.63, 3.8) is 0 Å². The Balaban J connectivity index is 2.33. The number of aliphatic carboxylic acids is 1. The van der Waals surface area contributed by atoms with Gasteiger partial charge in [-0.25, -0.2) is 4.79 Å². The summed E-state index contributed by atoms with van der Waals surface area (Å²) < 4.78 is 0.969. The number of rotatable bonds is 4. The second kappa shape index (κ2) is 7.36. The lowest BCUT2D eigenvalue weighted by atomic mass is 10.2. The first-order valence-electron chi connectivity index (χ1n) is 5.80. The minimum atomic E-state index is -1.03. The van der Waals surface area contributed by atoms with Gasteiger partial charge in [0, 0.05) is 20.3 Å². The first-order valence-corrected chi connectivity index (χ1v) is 8.17. The molecule has 0 aliphatic rings. The Labute approximate surface area is 144 Å². The number of carbonyl (C=O) groups is 1. The van der Waals surface area contributed by atoms with E-state index >= 15 is 0 Å². The van der Waals surface area contributed by atoms with E-state index in [0.29, 0.717) is 15.6 Å². The molecule has 0 saturated carbocycles. The molecule has 108 valence electrons. The quantitative estimate of drug-likeness (QED) is 0.635. The Morgan fingerprint density at radius 2 is 1.81 bits per heavy atom. The predicted molar refractivity (Wildman–Crippen MR) is 91.4 cm³/mol. The first kappa shape index (κ1) is 16.4. The van der Waals surface area contributed by atoms with E-state index in [9.17, 15) is 4.79 Å². The van der Waals surface area contributed by atoms with Crippen LogP contribution in [0.3, 0.4) is 0 Å². The first-order chi connectivity index (χ1) is 9.99. The molecule has 2 aromatic carbocycles. The molecule has 0 amide bonds. The Kier molecular flexibility index (Phi) is 5.76. The molecule has 0 radical (unpaired) electrons. The highest BCUT2D eigenvalue weighted by Gasteiger charge is 2.11. The van der Waals surface area contributed by atoms with Crippen LogP contribution in [-0.2, 0) is 4.79 Å². The highest BCUT2D eigenvalue weighted by molar-refractivity contribution is 9.10. The monoisotopic (exact) mass is 402 g/mol. The summed E-state index contributed by atoms with van der Waals surface area (Å²) >= 11 is 17.4. The molecule has 0 saturated heterocycles. The van der Waals surface area contributed by atoms with E-state index in [4.69, 9.17) is 28.3 Å². The molecule has 21 heavy (non-hydrogen) atoms. The van der Waals surface area contributed by atoms with Gasteiger partial charge in [0.1, 0.15) is 0 Å². The van der Waals surface area contributed by atoms with E-state index in [2.05, 4.69) is 15.9 Å². The van der Waals surface area contributed by atoms with Crippen LogP contribution in [0.1, 0.15) is 5.56 Å². The molecule has 0 aromatic heterocycles. The largest absolute Gasteiger partial charge is 0.478 e. The molecule has 0 aliphatic heterocycles. The van der Waals surface area contributed by atoms with E-state index in [-0.39, 0.29) is 0 Å². The van der Waals surface area contributed by atoms with Crippen LogP contribution in [0.25, 0.3) is 6.08 Å². The molecule has 0 spiro atoms. The molecule has 1 N–H and O–H groups in total. The van der Waals surface area contributed by atoms with Crippen LogP contribution in [0.2, 0.25) is 10.0 Å². The van der Waals surface area contributed by atoms with Crippen LogP contribution in [0.4, 0.5) is 0 Å². The van der Waals surface area contributed by atoms with Gasteiger partial charge in [0.05, 0.1) is 10.0 Å². The lowest BCUT2D eigenvalue weighted by Gasteiger charge is -2.09. The van der Waals surface area contributed by atoms with Crippen molar-refractivity contribution >= 4 is 62.9 Å². The third kappa shape index (κ3) is 4.27. The fourth-order valence-electron chi connectivity index (χ4n) is 1.56. The number of hydrogen-bond acceptors (Lipinski definition) is 2.